The number of benzene rings is 2. The SMILES string of the molecule is Cc1cc(C)cc(-n2nc(C)cc2NC(=O)C2CCN(C(=O)c3ccc(F)cc3F)CC2)c1. The topological polar surface area (TPSA) is 67.2 Å². The van der Waals surface area contributed by atoms with Crippen LogP contribution in [-0.4, -0.2) is 39.6 Å². The fraction of sp³-hybridized carbons (Fsp3) is 0.320. The van der Waals surface area contributed by atoms with Crippen molar-refractivity contribution < 1.29 is 18.4 Å². The zero-order valence-corrected chi connectivity index (χ0v) is 18.9. The molecule has 0 saturated carbocycles. The van der Waals surface area contributed by atoms with Gasteiger partial charge in [-0.25, -0.2) is 13.5 Å². The van der Waals surface area contributed by atoms with Crippen molar-refractivity contribution in [2.75, 3.05) is 18.4 Å². The highest BCUT2D eigenvalue weighted by Crippen LogP contribution is 2.24. The summed E-state index contributed by atoms with van der Waals surface area (Å²) in [5.74, 6) is -1.93. The molecule has 6 nitrogen and oxygen atoms in total. The van der Waals surface area contributed by atoms with Crippen molar-refractivity contribution in [3.8, 4) is 5.69 Å². The first-order valence-electron chi connectivity index (χ1n) is 10.9. The molecule has 1 aliphatic rings. The van der Waals surface area contributed by atoms with Crippen molar-refractivity contribution in [2.24, 2.45) is 5.92 Å². The number of carbonyl (C=O) groups is 2. The number of anilines is 1. The van der Waals surface area contributed by atoms with Gasteiger partial charge in [0.2, 0.25) is 5.91 Å². The molecular weight excluding hydrogens is 426 g/mol. The number of piperidine rings is 1. The average molecular weight is 453 g/mol. The van der Waals surface area contributed by atoms with E-state index in [0.29, 0.717) is 37.8 Å². The second kappa shape index (κ2) is 9.13. The van der Waals surface area contributed by atoms with Crippen LogP contribution in [0.25, 0.3) is 5.69 Å². The van der Waals surface area contributed by atoms with Crippen LogP contribution < -0.4 is 5.32 Å². The molecule has 0 atom stereocenters. The summed E-state index contributed by atoms with van der Waals surface area (Å²) in [4.78, 5) is 27.1. The number of likely N-dealkylation sites (tertiary alicyclic amines) is 1. The number of hydrogen-bond donors (Lipinski definition) is 1. The molecule has 2 amide bonds. The molecule has 1 fully saturated rings. The standard InChI is InChI=1S/C25H26F2N4O2/c1-15-10-16(2)12-20(11-15)31-23(13-17(3)29-31)28-24(32)18-6-8-30(9-7-18)25(33)21-5-4-19(26)14-22(21)27/h4-5,10-14,18H,6-9H2,1-3H3,(H,28,32). The summed E-state index contributed by atoms with van der Waals surface area (Å²) in [5, 5.41) is 7.52. The number of nitrogens with zero attached hydrogens (tertiary/aromatic N) is 3. The highest BCUT2D eigenvalue weighted by atomic mass is 19.1. The predicted molar refractivity (Wildman–Crippen MR) is 121 cm³/mol. The minimum absolute atomic E-state index is 0.138. The van der Waals surface area contributed by atoms with E-state index in [4.69, 9.17) is 0 Å². The predicted octanol–water partition coefficient (Wildman–Crippen LogP) is 4.57. The van der Waals surface area contributed by atoms with E-state index in [1.54, 1.807) is 4.68 Å². The van der Waals surface area contributed by atoms with Crippen LogP contribution in [0.5, 0.6) is 0 Å². The van der Waals surface area contributed by atoms with Crippen LogP contribution in [0.2, 0.25) is 0 Å². The van der Waals surface area contributed by atoms with Gasteiger partial charge < -0.3 is 10.2 Å². The normalized spacial score (nSPS) is 14.4. The number of halogens is 2. The minimum atomic E-state index is -0.880. The number of nitrogens with one attached hydrogen (secondary N) is 1. The first-order chi connectivity index (χ1) is 15.7. The molecule has 1 aliphatic heterocycles. The molecule has 0 aliphatic carbocycles. The van der Waals surface area contributed by atoms with Crippen molar-refractivity contribution in [1.82, 2.24) is 14.7 Å². The van der Waals surface area contributed by atoms with Crippen molar-refractivity contribution >= 4 is 17.6 Å². The number of aromatic nitrogens is 2. The molecule has 3 aromatic rings. The van der Waals surface area contributed by atoms with Crippen molar-refractivity contribution in [1.29, 1.82) is 0 Å². The van der Waals surface area contributed by atoms with Crippen LogP contribution in [0.1, 0.15) is 40.0 Å². The van der Waals surface area contributed by atoms with Crippen LogP contribution in [0.3, 0.4) is 0 Å². The zero-order valence-electron chi connectivity index (χ0n) is 18.9. The molecule has 172 valence electrons. The smallest absolute Gasteiger partial charge is 0.256 e. The van der Waals surface area contributed by atoms with Crippen LogP contribution in [0.4, 0.5) is 14.6 Å². The molecule has 1 saturated heterocycles. The molecule has 8 heteroatoms. The van der Waals surface area contributed by atoms with Gasteiger partial charge in [-0.2, -0.15) is 5.10 Å². The maximum absolute atomic E-state index is 14.0. The van der Waals surface area contributed by atoms with Gasteiger partial charge in [-0.05, 0) is 69.0 Å². The van der Waals surface area contributed by atoms with E-state index >= 15 is 0 Å². The number of aryl methyl sites for hydroxylation is 3. The average Bonchev–Trinajstić information content (AvgIpc) is 3.12. The summed E-state index contributed by atoms with van der Waals surface area (Å²) in [6, 6.07) is 10.8. The number of hydrogen-bond acceptors (Lipinski definition) is 3. The summed E-state index contributed by atoms with van der Waals surface area (Å²) >= 11 is 0. The second-order valence-corrected chi connectivity index (χ2v) is 8.61. The van der Waals surface area contributed by atoms with E-state index in [2.05, 4.69) is 16.5 Å². The highest BCUT2D eigenvalue weighted by molar-refractivity contribution is 5.95. The lowest BCUT2D eigenvalue weighted by molar-refractivity contribution is -0.121. The summed E-state index contributed by atoms with van der Waals surface area (Å²) < 4.78 is 28.8. The molecule has 0 bridgehead atoms. The fourth-order valence-electron chi connectivity index (χ4n) is 4.26. The lowest BCUT2D eigenvalue weighted by Crippen LogP contribution is -2.41. The van der Waals surface area contributed by atoms with Gasteiger partial charge in [-0.3, -0.25) is 9.59 Å². The molecule has 0 unspecified atom stereocenters. The first kappa shape index (κ1) is 22.6. The van der Waals surface area contributed by atoms with Gasteiger partial charge >= 0.3 is 0 Å². The highest BCUT2D eigenvalue weighted by Gasteiger charge is 2.29. The van der Waals surface area contributed by atoms with E-state index in [9.17, 15) is 18.4 Å². The van der Waals surface area contributed by atoms with E-state index in [0.717, 1.165) is 34.6 Å². The molecule has 2 aromatic carbocycles. The van der Waals surface area contributed by atoms with E-state index in [-0.39, 0.29) is 17.4 Å². The van der Waals surface area contributed by atoms with Crippen molar-refractivity contribution in [2.45, 2.75) is 33.6 Å². The lowest BCUT2D eigenvalue weighted by atomic mass is 9.95. The number of amides is 2. The minimum Gasteiger partial charge on any atom is -0.339 e. The Kier molecular flexibility index (Phi) is 6.26. The quantitative estimate of drug-likeness (QED) is 0.631. The Hall–Kier alpha value is -3.55. The summed E-state index contributed by atoms with van der Waals surface area (Å²) in [5.41, 5.74) is 3.70. The van der Waals surface area contributed by atoms with Gasteiger partial charge in [-0.15, -0.1) is 0 Å². The third-order valence-corrected chi connectivity index (χ3v) is 5.85. The largest absolute Gasteiger partial charge is 0.339 e. The first-order valence-corrected chi connectivity index (χ1v) is 10.9. The molecule has 1 aromatic heterocycles. The summed E-state index contributed by atoms with van der Waals surface area (Å²) in [6.07, 6.45) is 0.911. The monoisotopic (exact) mass is 452 g/mol. The number of carbonyl (C=O) groups excluding carboxylic acids is 2. The Morgan fingerprint density at radius 1 is 0.970 bits per heavy atom. The van der Waals surface area contributed by atoms with E-state index in [1.165, 1.54) is 4.90 Å². The number of rotatable bonds is 4. The van der Waals surface area contributed by atoms with Gasteiger partial charge in [-0.1, -0.05) is 6.07 Å². The molecular formula is C25H26F2N4O2. The molecule has 33 heavy (non-hydrogen) atoms. The summed E-state index contributed by atoms with van der Waals surface area (Å²) in [6.45, 7) is 6.54. The van der Waals surface area contributed by atoms with Crippen LogP contribution in [0.15, 0.2) is 42.5 Å². The zero-order chi connectivity index (χ0) is 23.7. The van der Waals surface area contributed by atoms with Crippen LogP contribution in [-0.2, 0) is 4.79 Å². The molecule has 0 radical (unpaired) electrons. The van der Waals surface area contributed by atoms with Gasteiger partial charge in [0.15, 0.2) is 0 Å². The lowest BCUT2D eigenvalue weighted by Gasteiger charge is -2.31. The Balaban J connectivity index is 1.42. The third kappa shape index (κ3) is 4.94. The maximum atomic E-state index is 14.0. The molecule has 4 rings (SSSR count). The van der Waals surface area contributed by atoms with Crippen LogP contribution in [0, 0.1) is 38.3 Å². The van der Waals surface area contributed by atoms with Crippen molar-refractivity contribution in [3.05, 3.63) is 76.5 Å². The second-order valence-electron chi connectivity index (χ2n) is 8.61. The fourth-order valence-corrected chi connectivity index (χ4v) is 4.26. The Morgan fingerprint density at radius 2 is 1.64 bits per heavy atom. The molecule has 0 spiro atoms. The maximum Gasteiger partial charge on any atom is 0.256 e. The molecule has 2 heterocycles. The van der Waals surface area contributed by atoms with Crippen molar-refractivity contribution in [3.63, 3.8) is 0 Å². The Morgan fingerprint density at radius 3 is 2.27 bits per heavy atom. The Labute approximate surface area is 191 Å². The van der Waals surface area contributed by atoms with Gasteiger partial charge in [0, 0.05) is 31.1 Å². The van der Waals surface area contributed by atoms with Crippen LogP contribution >= 0.6 is 0 Å². The summed E-state index contributed by atoms with van der Waals surface area (Å²) in [7, 11) is 0. The van der Waals surface area contributed by atoms with Gasteiger partial charge in [0.25, 0.3) is 5.91 Å². The van der Waals surface area contributed by atoms with E-state index < -0.39 is 17.5 Å². The third-order valence-electron chi connectivity index (χ3n) is 5.85. The van der Waals surface area contributed by atoms with E-state index in [1.807, 2.05) is 39.0 Å². The molecule has 1 N–H and O–H groups in total. The Bertz CT molecular complexity index is 1190. The van der Waals surface area contributed by atoms with Gasteiger partial charge in [0.05, 0.1) is 16.9 Å². The van der Waals surface area contributed by atoms with Gasteiger partial charge in [0.1, 0.15) is 17.5 Å².